The molecule has 0 saturated carbocycles. The van der Waals surface area contributed by atoms with Gasteiger partial charge in [-0.15, -0.1) is 0 Å². The summed E-state index contributed by atoms with van der Waals surface area (Å²) in [5, 5.41) is 39.2. The average molecular weight is 318 g/mol. The van der Waals surface area contributed by atoms with Crippen molar-refractivity contribution >= 4 is 23.7 Å². The molecule has 2 rings (SSSR count). The molecule has 0 atom stereocenters. The smallest absolute Gasteiger partial charge is 0.339 e. The zero-order chi connectivity index (χ0) is 17.1. The summed E-state index contributed by atoms with van der Waals surface area (Å²) in [5.74, 6) is -5.03. The number of rotatable bonds is 4. The quantitative estimate of drug-likeness (QED) is 0.525. The van der Waals surface area contributed by atoms with Crippen molar-refractivity contribution in [2.75, 3.05) is 5.32 Å². The highest BCUT2D eigenvalue weighted by atomic mass is 16.4. The van der Waals surface area contributed by atoms with E-state index >= 15 is 0 Å². The van der Waals surface area contributed by atoms with E-state index in [-0.39, 0.29) is 11.4 Å². The molecule has 9 heteroatoms. The lowest BCUT2D eigenvalue weighted by atomic mass is 10.1. The van der Waals surface area contributed by atoms with E-state index in [1.54, 1.807) is 0 Å². The van der Waals surface area contributed by atoms with Gasteiger partial charge in [-0.2, -0.15) is 0 Å². The Kier molecular flexibility index (Phi) is 4.12. The first kappa shape index (κ1) is 15.8. The van der Waals surface area contributed by atoms with Crippen LogP contribution in [0.4, 0.5) is 5.82 Å². The first-order valence-corrected chi connectivity index (χ1v) is 6.09. The second kappa shape index (κ2) is 6.02. The fourth-order valence-electron chi connectivity index (χ4n) is 1.75. The van der Waals surface area contributed by atoms with Crippen LogP contribution in [-0.4, -0.2) is 43.3 Å². The van der Waals surface area contributed by atoms with E-state index in [1.165, 1.54) is 12.3 Å². The first-order valence-electron chi connectivity index (χ1n) is 6.09. The molecule has 5 N–H and O–H groups in total. The summed E-state index contributed by atoms with van der Waals surface area (Å²) >= 11 is 0. The van der Waals surface area contributed by atoms with Gasteiger partial charge in [-0.1, -0.05) is 0 Å². The van der Waals surface area contributed by atoms with Crippen LogP contribution >= 0.6 is 0 Å². The molecule has 1 amide bonds. The maximum atomic E-state index is 12.0. The first-order chi connectivity index (χ1) is 10.8. The summed E-state index contributed by atoms with van der Waals surface area (Å²) in [6, 6.07) is 3.84. The summed E-state index contributed by atoms with van der Waals surface area (Å²) < 4.78 is 0. The van der Waals surface area contributed by atoms with Gasteiger partial charge in [-0.05, 0) is 24.3 Å². The van der Waals surface area contributed by atoms with E-state index in [1.807, 2.05) is 0 Å². The number of nitrogens with one attached hydrogen (secondary N) is 1. The van der Waals surface area contributed by atoms with E-state index in [9.17, 15) is 24.6 Å². The molecule has 0 spiro atoms. The highest BCUT2D eigenvalue weighted by Crippen LogP contribution is 2.27. The number of carboxylic acid groups (broad SMARTS) is 2. The Bertz CT molecular complexity index is 817. The number of hydrogen-bond donors (Lipinski definition) is 5. The number of phenols is 2. The largest absolute Gasteiger partial charge is 0.507 e. The molecule has 118 valence electrons. The second-order valence-corrected chi connectivity index (χ2v) is 4.38. The molecule has 0 fully saturated rings. The third-order valence-electron chi connectivity index (χ3n) is 2.84. The Morgan fingerprint density at radius 3 is 2.13 bits per heavy atom. The molecule has 2 aromatic rings. The molecular weight excluding hydrogens is 308 g/mol. The molecule has 0 aliphatic heterocycles. The molecule has 1 heterocycles. The SMILES string of the molecule is O=C(O)c1ccnc(NC(=O)c2cc(O)c(C(=O)O)cc2O)c1. The molecule has 1 aromatic carbocycles. The predicted octanol–water partition coefficient (Wildman–Crippen LogP) is 1.14. The number of carbonyl (C=O) groups excluding carboxylic acids is 1. The lowest BCUT2D eigenvalue weighted by Gasteiger charge is -2.08. The van der Waals surface area contributed by atoms with Crippen molar-refractivity contribution in [1.29, 1.82) is 0 Å². The van der Waals surface area contributed by atoms with Crippen LogP contribution < -0.4 is 5.32 Å². The van der Waals surface area contributed by atoms with Gasteiger partial charge in [0.2, 0.25) is 0 Å². The fourth-order valence-corrected chi connectivity index (χ4v) is 1.75. The van der Waals surface area contributed by atoms with Gasteiger partial charge in [0.25, 0.3) is 5.91 Å². The van der Waals surface area contributed by atoms with Crippen molar-refractivity contribution in [1.82, 2.24) is 4.98 Å². The van der Waals surface area contributed by atoms with Gasteiger partial charge in [-0.25, -0.2) is 14.6 Å². The molecule has 0 aliphatic carbocycles. The van der Waals surface area contributed by atoms with Crippen LogP contribution in [0.25, 0.3) is 0 Å². The Morgan fingerprint density at radius 2 is 1.52 bits per heavy atom. The number of carbonyl (C=O) groups is 3. The molecule has 0 saturated heterocycles. The van der Waals surface area contributed by atoms with E-state index in [0.717, 1.165) is 18.2 Å². The number of benzene rings is 1. The van der Waals surface area contributed by atoms with Gasteiger partial charge in [-0.3, -0.25) is 4.79 Å². The maximum absolute atomic E-state index is 12.0. The van der Waals surface area contributed by atoms with E-state index in [4.69, 9.17) is 10.2 Å². The molecule has 23 heavy (non-hydrogen) atoms. The van der Waals surface area contributed by atoms with Crippen molar-refractivity contribution in [3.63, 3.8) is 0 Å². The molecule has 0 radical (unpaired) electrons. The normalized spacial score (nSPS) is 10.1. The Morgan fingerprint density at radius 1 is 0.913 bits per heavy atom. The number of anilines is 1. The average Bonchev–Trinajstić information content (AvgIpc) is 2.49. The number of aromatic hydroxyl groups is 2. The van der Waals surface area contributed by atoms with Gasteiger partial charge in [0.05, 0.1) is 11.1 Å². The molecule has 0 aliphatic rings. The van der Waals surface area contributed by atoms with Gasteiger partial charge < -0.3 is 25.7 Å². The van der Waals surface area contributed by atoms with Crippen molar-refractivity contribution in [3.8, 4) is 11.5 Å². The molecular formula is C14H10N2O7. The highest BCUT2D eigenvalue weighted by molar-refractivity contribution is 6.07. The number of pyridine rings is 1. The second-order valence-electron chi connectivity index (χ2n) is 4.38. The lowest BCUT2D eigenvalue weighted by molar-refractivity contribution is 0.0684. The topological polar surface area (TPSA) is 157 Å². The minimum atomic E-state index is -1.47. The van der Waals surface area contributed by atoms with Crippen LogP contribution in [0.1, 0.15) is 31.1 Å². The van der Waals surface area contributed by atoms with Crippen LogP contribution in [0.15, 0.2) is 30.5 Å². The highest BCUT2D eigenvalue weighted by Gasteiger charge is 2.19. The lowest BCUT2D eigenvalue weighted by Crippen LogP contribution is -2.14. The third kappa shape index (κ3) is 3.35. The van der Waals surface area contributed by atoms with Crippen LogP contribution in [0.2, 0.25) is 0 Å². The molecule has 0 unspecified atom stereocenters. The van der Waals surface area contributed by atoms with Gasteiger partial charge in [0.15, 0.2) is 0 Å². The summed E-state index contributed by atoms with van der Waals surface area (Å²) in [5.41, 5.74) is -1.07. The molecule has 1 aromatic heterocycles. The Labute approximate surface area is 128 Å². The minimum Gasteiger partial charge on any atom is -0.507 e. The van der Waals surface area contributed by atoms with Crippen LogP contribution in [0.3, 0.4) is 0 Å². The molecule has 0 bridgehead atoms. The number of amides is 1. The van der Waals surface area contributed by atoms with Crippen molar-refractivity contribution in [3.05, 3.63) is 47.2 Å². The van der Waals surface area contributed by atoms with Crippen LogP contribution in [0.5, 0.6) is 11.5 Å². The summed E-state index contributed by atoms with van der Waals surface area (Å²) in [4.78, 5) is 37.4. The van der Waals surface area contributed by atoms with E-state index in [0.29, 0.717) is 0 Å². The standard InChI is InChI=1S/C14H10N2O7/c17-9-5-8(14(22)23)10(18)4-7(9)12(19)16-11-3-6(13(20)21)1-2-15-11/h1-5,17-18H,(H,20,21)(H,22,23)(H,15,16,19). The number of phenolic OH excluding ortho intramolecular Hbond substituents is 1. The van der Waals surface area contributed by atoms with Crippen molar-refractivity contribution in [2.45, 2.75) is 0 Å². The van der Waals surface area contributed by atoms with Crippen molar-refractivity contribution in [2.24, 2.45) is 0 Å². The van der Waals surface area contributed by atoms with E-state index in [2.05, 4.69) is 10.3 Å². The monoisotopic (exact) mass is 318 g/mol. The summed E-state index contributed by atoms with van der Waals surface area (Å²) in [6.45, 7) is 0. The maximum Gasteiger partial charge on any atom is 0.339 e. The zero-order valence-electron chi connectivity index (χ0n) is 11.3. The number of hydrogen-bond acceptors (Lipinski definition) is 6. The van der Waals surface area contributed by atoms with Gasteiger partial charge in [0, 0.05) is 6.20 Å². The predicted molar refractivity (Wildman–Crippen MR) is 75.9 cm³/mol. The Balaban J connectivity index is 2.31. The van der Waals surface area contributed by atoms with Crippen LogP contribution in [-0.2, 0) is 0 Å². The number of aromatic carboxylic acids is 2. The molecule has 9 nitrogen and oxygen atoms in total. The number of aromatic nitrogens is 1. The third-order valence-corrected chi connectivity index (χ3v) is 2.84. The zero-order valence-corrected chi connectivity index (χ0v) is 11.3. The fraction of sp³-hybridized carbons (Fsp3) is 0. The van der Waals surface area contributed by atoms with Crippen LogP contribution in [0, 0.1) is 0 Å². The number of nitrogens with zero attached hydrogens (tertiary/aromatic N) is 1. The summed E-state index contributed by atoms with van der Waals surface area (Å²) in [7, 11) is 0. The Hall–Kier alpha value is -3.62. The van der Waals surface area contributed by atoms with Crippen molar-refractivity contribution < 1.29 is 34.8 Å². The van der Waals surface area contributed by atoms with E-state index < -0.39 is 40.5 Å². The van der Waals surface area contributed by atoms with Gasteiger partial charge in [0.1, 0.15) is 22.9 Å². The minimum absolute atomic E-state index is 0.0869. The summed E-state index contributed by atoms with van der Waals surface area (Å²) in [6.07, 6.45) is 1.17. The number of carboxylic acids is 2. The van der Waals surface area contributed by atoms with Gasteiger partial charge >= 0.3 is 11.9 Å².